The summed E-state index contributed by atoms with van der Waals surface area (Å²) >= 11 is 3.43. The molecule has 0 spiro atoms. The number of hydrogen-bond acceptors (Lipinski definition) is 5. The van der Waals surface area contributed by atoms with Gasteiger partial charge < -0.3 is 5.32 Å². The second-order valence-corrected chi connectivity index (χ2v) is 5.51. The smallest absolute Gasteiger partial charge is 0.130 e. The first-order valence-electron chi connectivity index (χ1n) is 4.93. The number of aryl methyl sites for hydroxylation is 1. The first kappa shape index (κ1) is 11.4. The Kier molecular flexibility index (Phi) is 3.79. The van der Waals surface area contributed by atoms with Gasteiger partial charge in [0.05, 0.1) is 6.54 Å². The summed E-state index contributed by atoms with van der Waals surface area (Å²) in [6.45, 7) is 2.94. The number of anilines is 1. The number of thiophene rings is 1. The maximum Gasteiger partial charge on any atom is 0.130 e. The first-order chi connectivity index (χ1) is 7.78. The van der Waals surface area contributed by atoms with Crippen molar-refractivity contribution < 1.29 is 0 Å². The molecule has 0 saturated carbocycles. The number of nitrogens with one attached hydrogen (secondary N) is 1. The van der Waals surface area contributed by atoms with Crippen LogP contribution in [0.2, 0.25) is 0 Å². The zero-order valence-electron chi connectivity index (χ0n) is 9.23. The summed E-state index contributed by atoms with van der Waals surface area (Å²) < 4.78 is 0. The molecule has 0 atom stereocenters. The maximum absolute atomic E-state index is 4.18. The van der Waals surface area contributed by atoms with E-state index in [1.54, 1.807) is 29.4 Å². The fraction of sp³-hybridized carbons (Fsp3) is 0.273. The van der Waals surface area contributed by atoms with Crippen LogP contribution in [0.4, 0.5) is 5.82 Å². The lowest BCUT2D eigenvalue weighted by molar-refractivity contribution is 1.03. The predicted molar refractivity (Wildman–Crippen MR) is 70.2 cm³/mol. The third kappa shape index (κ3) is 2.96. The van der Waals surface area contributed by atoms with Crippen molar-refractivity contribution in [2.24, 2.45) is 0 Å². The molecule has 16 heavy (non-hydrogen) atoms. The Hall–Kier alpha value is -1.07. The zero-order chi connectivity index (χ0) is 11.4. The van der Waals surface area contributed by atoms with Gasteiger partial charge in [-0.25, -0.2) is 9.97 Å². The molecule has 5 heteroatoms. The topological polar surface area (TPSA) is 37.8 Å². The number of aromatic nitrogens is 2. The van der Waals surface area contributed by atoms with Crippen LogP contribution in [0, 0.1) is 6.92 Å². The van der Waals surface area contributed by atoms with Crippen molar-refractivity contribution >= 4 is 28.9 Å². The van der Waals surface area contributed by atoms with E-state index in [-0.39, 0.29) is 0 Å². The van der Waals surface area contributed by atoms with E-state index in [9.17, 15) is 0 Å². The molecule has 2 aromatic rings. The summed E-state index contributed by atoms with van der Waals surface area (Å²) in [6.07, 6.45) is 3.60. The van der Waals surface area contributed by atoms with Crippen molar-refractivity contribution in [2.75, 3.05) is 11.6 Å². The molecular formula is C11H13N3S2. The lowest BCUT2D eigenvalue weighted by Gasteiger charge is -2.04. The average Bonchev–Trinajstić information content (AvgIpc) is 2.73. The van der Waals surface area contributed by atoms with Crippen LogP contribution < -0.4 is 5.32 Å². The summed E-state index contributed by atoms with van der Waals surface area (Å²) in [5.41, 5.74) is 0. The minimum atomic E-state index is 0.823. The van der Waals surface area contributed by atoms with Crippen LogP contribution in [-0.4, -0.2) is 16.2 Å². The average molecular weight is 251 g/mol. The van der Waals surface area contributed by atoms with E-state index in [0.29, 0.717) is 0 Å². The molecule has 2 rings (SSSR count). The summed E-state index contributed by atoms with van der Waals surface area (Å²) in [7, 11) is 0. The van der Waals surface area contributed by atoms with E-state index in [4.69, 9.17) is 0 Å². The van der Waals surface area contributed by atoms with Gasteiger partial charge in [-0.2, -0.15) is 0 Å². The molecule has 2 aromatic heterocycles. The molecule has 0 aromatic carbocycles. The fourth-order valence-corrected chi connectivity index (χ4v) is 2.52. The monoisotopic (exact) mass is 251 g/mol. The van der Waals surface area contributed by atoms with Gasteiger partial charge in [-0.3, -0.25) is 0 Å². The summed E-state index contributed by atoms with van der Waals surface area (Å²) in [5, 5.41) is 4.28. The molecule has 0 aliphatic carbocycles. The van der Waals surface area contributed by atoms with Crippen molar-refractivity contribution in [3.63, 3.8) is 0 Å². The van der Waals surface area contributed by atoms with Crippen LogP contribution in [-0.2, 0) is 6.54 Å². The van der Waals surface area contributed by atoms with Crippen molar-refractivity contribution in [2.45, 2.75) is 18.5 Å². The second kappa shape index (κ2) is 5.32. The summed E-state index contributed by atoms with van der Waals surface area (Å²) in [6, 6.07) is 6.24. The van der Waals surface area contributed by atoms with Gasteiger partial charge in [-0.15, -0.1) is 23.1 Å². The highest BCUT2D eigenvalue weighted by Gasteiger charge is 1.99. The Bertz CT molecular complexity index is 468. The van der Waals surface area contributed by atoms with E-state index in [1.807, 2.05) is 12.3 Å². The van der Waals surface area contributed by atoms with E-state index in [2.05, 4.69) is 34.3 Å². The van der Waals surface area contributed by atoms with E-state index >= 15 is 0 Å². The van der Waals surface area contributed by atoms with Crippen LogP contribution in [0.1, 0.15) is 9.75 Å². The lowest BCUT2D eigenvalue weighted by Crippen LogP contribution is -2.00. The number of thioether (sulfide) groups is 1. The predicted octanol–water partition coefficient (Wildman–Crippen LogP) is 3.18. The first-order valence-corrected chi connectivity index (χ1v) is 6.97. The molecule has 3 nitrogen and oxygen atoms in total. The third-order valence-electron chi connectivity index (χ3n) is 2.09. The molecule has 0 saturated heterocycles. The highest BCUT2D eigenvalue weighted by molar-refractivity contribution is 7.98. The Balaban J connectivity index is 1.99. The minimum Gasteiger partial charge on any atom is -0.365 e. The largest absolute Gasteiger partial charge is 0.365 e. The third-order valence-corrected chi connectivity index (χ3v) is 3.73. The molecule has 1 N–H and O–H groups in total. The van der Waals surface area contributed by atoms with Gasteiger partial charge in [-0.1, -0.05) is 0 Å². The van der Waals surface area contributed by atoms with Gasteiger partial charge in [0, 0.05) is 15.8 Å². The molecule has 0 bridgehead atoms. The number of hydrogen-bond donors (Lipinski definition) is 1. The molecule has 0 amide bonds. The Morgan fingerprint density at radius 1 is 1.38 bits per heavy atom. The van der Waals surface area contributed by atoms with Crippen LogP contribution in [0.25, 0.3) is 0 Å². The lowest BCUT2D eigenvalue weighted by atomic mass is 10.4. The highest BCUT2D eigenvalue weighted by Crippen LogP contribution is 2.18. The van der Waals surface area contributed by atoms with E-state index in [1.165, 1.54) is 9.75 Å². The van der Waals surface area contributed by atoms with E-state index < -0.39 is 0 Å². The van der Waals surface area contributed by atoms with Crippen molar-refractivity contribution in [3.05, 3.63) is 34.3 Å². The second-order valence-electron chi connectivity index (χ2n) is 3.31. The molecule has 0 radical (unpaired) electrons. The summed E-state index contributed by atoms with van der Waals surface area (Å²) in [4.78, 5) is 11.0. The van der Waals surface area contributed by atoms with Gasteiger partial charge in [0.25, 0.3) is 0 Å². The van der Waals surface area contributed by atoms with Crippen LogP contribution >= 0.6 is 23.1 Å². The molecular weight excluding hydrogens is 238 g/mol. The van der Waals surface area contributed by atoms with Crippen molar-refractivity contribution in [3.8, 4) is 0 Å². The molecule has 84 valence electrons. The molecule has 2 heterocycles. The molecule has 0 unspecified atom stereocenters. The number of rotatable bonds is 4. The van der Waals surface area contributed by atoms with Gasteiger partial charge >= 0.3 is 0 Å². The standard InChI is InChI=1S/C11H13N3S2/c1-8-3-4-9(16-8)6-12-10-5-11(15-2)14-7-13-10/h3-5,7H,6H2,1-2H3,(H,12,13,14). The highest BCUT2D eigenvalue weighted by atomic mass is 32.2. The zero-order valence-corrected chi connectivity index (χ0v) is 10.9. The Labute approximate surface area is 103 Å². The van der Waals surface area contributed by atoms with Gasteiger partial charge in [0.15, 0.2) is 0 Å². The van der Waals surface area contributed by atoms with Gasteiger partial charge in [0.1, 0.15) is 17.2 Å². The Morgan fingerprint density at radius 2 is 2.25 bits per heavy atom. The maximum atomic E-state index is 4.18. The molecule has 0 aliphatic rings. The fourth-order valence-electron chi connectivity index (χ4n) is 1.31. The van der Waals surface area contributed by atoms with E-state index in [0.717, 1.165) is 17.4 Å². The molecule has 0 aliphatic heterocycles. The van der Waals surface area contributed by atoms with Crippen LogP contribution in [0.15, 0.2) is 29.6 Å². The molecule has 0 fully saturated rings. The van der Waals surface area contributed by atoms with Crippen molar-refractivity contribution in [1.82, 2.24) is 9.97 Å². The number of nitrogens with zero attached hydrogens (tertiary/aromatic N) is 2. The minimum absolute atomic E-state index is 0.823. The SMILES string of the molecule is CSc1cc(NCc2ccc(C)s2)ncn1. The summed E-state index contributed by atoms with van der Waals surface area (Å²) in [5.74, 6) is 0.880. The van der Waals surface area contributed by atoms with Crippen LogP contribution in [0.3, 0.4) is 0 Å². The van der Waals surface area contributed by atoms with Gasteiger partial charge in [0.2, 0.25) is 0 Å². The Morgan fingerprint density at radius 3 is 2.94 bits per heavy atom. The quantitative estimate of drug-likeness (QED) is 0.669. The normalized spacial score (nSPS) is 10.4. The van der Waals surface area contributed by atoms with Gasteiger partial charge in [-0.05, 0) is 25.3 Å². The van der Waals surface area contributed by atoms with Crippen molar-refractivity contribution in [1.29, 1.82) is 0 Å². The van der Waals surface area contributed by atoms with Crippen LogP contribution in [0.5, 0.6) is 0 Å².